The minimum Gasteiger partial charge on any atom is -0.382 e. The van der Waals surface area contributed by atoms with E-state index in [0.717, 1.165) is 0 Å². The summed E-state index contributed by atoms with van der Waals surface area (Å²) < 4.78 is 12.2. The van der Waals surface area contributed by atoms with E-state index in [9.17, 15) is 4.21 Å². The number of aromatic nitrogens is 2. The monoisotopic (exact) mass is 372 g/mol. The molecule has 0 saturated heterocycles. The molecule has 9 heteroatoms. The Morgan fingerprint density at radius 2 is 2.18 bits per heavy atom. The molecule has 1 unspecified atom stereocenters. The van der Waals surface area contributed by atoms with E-state index < -0.39 is 10.8 Å². The van der Waals surface area contributed by atoms with E-state index in [2.05, 4.69) is 9.97 Å². The standard InChI is InChI=1S/C13H10Cl2N4OS2/c14-9-1-2-10(15)11(5-9)22(20)4-3-21-13-18-7-8(6-16)12(17)19-13/h1-2,5,7H,3-4H2,(H2,17,18,19). The van der Waals surface area contributed by atoms with Crippen LogP contribution in [0.4, 0.5) is 5.82 Å². The molecule has 0 amide bonds. The quantitative estimate of drug-likeness (QED) is 0.639. The number of halogens is 2. The SMILES string of the molecule is N#Cc1cnc(SCCS(=O)c2cc(Cl)ccc2Cl)nc1N. The van der Waals surface area contributed by atoms with Gasteiger partial charge in [-0.15, -0.1) is 0 Å². The molecule has 22 heavy (non-hydrogen) atoms. The first kappa shape index (κ1) is 17.0. The van der Waals surface area contributed by atoms with Crippen molar-refractivity contribution in [2.75, 3.05) is 17.2 Å². The minimum absolute atomic E-state index is 0.138. The molecular weight excluding hydrogens is 363 g/mol. The summed E-state index contributed by atoms with van der Waals surface area (Å²) in [7, 11) is -1.27. The van der Waals surface area contributed by atoms with Gasteiger partial charge in [0.15, 0.2) is 5.16 Å². The summed E-state index contributed by atoms with van der Waals surface area (Å²) in [6.07, 6.45) is 1.37. The van der Waals surface area contributed by atoms with E-state index in [4.69, 9.17) is 34.2 Å². The Hall–Kier alpha value is -1.33. The Balaban J connectivity index is 1.96. The van der Waals surface area contributed by atoms with Crippen LogP contribution in [0.15, 0.2) is 34.4 Å². The van der Waals surface area contributed by atoms with Crippen molar-refractivity contribution in [2.45, 2.75) is 10.1 Å². The van der Waals surface area contributed by atoms with Gasteiger partial charge in [-0.2, -0.15) is 5.26 Å². The van der Waals surface area contributed by atoms with Gasteiger partial charge in [-0.05, 0) is 18.2 Å². The molecule has 2 rings (SSSR count). The van der Waals surface area contributed by atoms with Crippen LogP contribution in [0.2, 0.25) is 10.0 Å². The lowest BCUT2D eigenvalue weighted by Gasteiger charge is -2.05. The van der Waals surface area contributed by atoms with Crippen molar-refractivity contribution < 1.29 is 4.21 Å². The molecule has 1 atom stereocenters. The maximum atomic E-state index is 12.2. The minimum atomic E-state index is -1.27. The number of nitrogens with zero attached hydrogens (tertiary/aromatic N) is 3. The van der Waals surface area contributed by atoms with Crippen molar-refractivity contribution in [3.63, 3.8) is 0 Å². The van der Waals surface area contributed by atoms with Gasteiger partial charge in [-0.1, -0.05) is 35.0 Å². The molecule has 0 spiro atoms. The third kappa shape index (κ3) is 4.34. The average molecular weight is 373 g/mol. The van der Waals surface area contributed by atoms with Gasteiger partial charge in [0, 0.05) is 16.5 Å². The van der Waals surface area contributed by atoms with Crippen molar-refractivity contribution in [1.29, 1.82) is 5.26 Å². The molecule has 1 aromatic heterocycles. The zero-order chi connectivity index (χ0) is 16.1. The van der Waals surface area contributed by atoms with Crippen molar-refractivity contribution >= 4 is 51.6 Å². The van der Waals surface area contributed by atoms with E-state index >= 15 is 0 Å². The van der Waals surface area contributed by atoms with Crippen LogP contribution in [-0.2, 0) is 10.8 Å². The highest BCUT2D eigenvalue weighted by atomic mass is 35.5. The van der Waals surface area contributed by atoms with Crippen LogP contribution in [-0.4, -0.2) is 25.7 Å². The Labute approximate surface area is 144 Å². The first-order valence-electron chi connectivity index (χ1n) is 6.00. The number of nitrogen functional groups attached to an aromatic ring is 1. The van der Waals surface area contributed by atoms with E-state index in [1.165, 1.54) is 18.0 Å². The van der Waals surface area contributed by atoms with Crippen molar-refractivity contribution in [3.8, 4) is 6.07 Å². The van der Waals surface area contributed by atoms with Crippen LogP contribution < -0.4 is 5.73 Å². The first-order chi connectivity index (χ1) is 10.5. The molecule has 1 aromatic carbocycles. The maximum Gasteiger partial charge on any atom is 0.189 e. The number of benzene rings is 1. The summed E-state index contributed by atoms with van der Waals surface area (Å²) in [6, 6.07) is 6.76. The summed E-state index contributed by atoms with van der Waals surface area (Å²) in [5.74, 6) is 1.02. The fourth-order valence-corrected chi connectivity index (χ4v) is 4.29. The zero-order valence-corrected chi connectivity index (χ0v) is 14.3. The molecule has 0 aliphatic heterocycles. The van der Waals surface area contributed by atoms with Crippen LogP contribution in [0.1, 0.15) is 5.56 Å². The van der Waals surface area contributed by atoms with Crippen LogP contribution in [0.5, 0.6) is 0 Å². The molecule has 2 N–H and O–H groups in total. The smallest absolute Gasteiger partial charge is 0.189 e. The summed E-state index contributed by atoms with van der Waals surface area (Å²) in [4.78, 5) is 8.53. The lowest BCUT2D eigenvalue weighted by molar-refractivity contribution is 0.684. The molecule has 0 aliphatic carbocycles. The lowest BCUT2D eigenvalue weighted by Crippen LogP contribution is -2.03. The van der Waals surface area contributed by atoms with Crippen molar-refractivity contribution in [1.82, 2.24) is 9.97 Å². The molecule has 5 nitrogen and oxygen atoms in total. The second-order valence-corrected chi connectivity index (χ2v) is 7.48. The highest BCUT2D eigenvalue weighted by molar-refractivity contribution is 8.00. The van der Waals surface area contributed by atoms with Gasteiger partial charge in [0.25, 0.3) is 0 Å². The molecule has 114 valence electrons. The third-order valence-electron chi connectivity index (χ3n) is 2.56. The Morgan fingerprint density at radius 3 is 2.86 bits per heavy atom. The zero-order valence-electron chi connectivity index (χ0n) is 11.1. The fourth-order valence-electron chi connectivity index (χ4n) is 1.50. The van der Waals surface area contributed by atoms with Gasteiger partial charge in [0.2, 0.25) is 0 Å². The Bertz CT molecular complexity index is 764. The number of thioether (sulfide) groups is 1. The van der Waals surface area contributed by atoms with Crippen LogP contribution >= 0.6 is 35.0 Å². The normalized spacial score (nSPS) is 11.9. The maximum absolute atomic E-state index is 12.2. The Morgan fingerprint density at radius 1 is 1.41 bits per heavy atom. The number of anilines is 1. The van der Waals surface area contributed by atoms with Gasteiger partial charge in [-0.25, -0.2) is 9.97 Å². The van der Waals surface area contributed by atoms with Gasteiger partial charge < -0.3 is 5.73 Å². The van der Waals surface area contributed by atoms with Crippen molar-refractivity contribution in [3.05, 3.63) is 40.0 Å². The molecule has 0 radical (unpaired) electrons. The van der Waals surface area contributed by atoms with Gasteiger partial charge in [0.1, 0.15) is 17.5 Å². The number of nitriles is 1. The molecular formula is C13H10Cl2N4OS2. The third-order valence-corrected chi connectivity index (χ3v) is 5.76. The predicted molar refractivity (Wildman–Crippen MR) is 89.6 cm³/mol. The predicted octanol–water partition coefficient (Wildman–Crippen LogP) is 3.14. The lowest BCUT2D eigenvalue weighted by atomic mass is 10.3. The average Bonchev–Trinajstić information content (AvgIpc) is 2.49. The summed E-state index contributed by atoms with van der Waals surface area (Å²) in [6.45, 7) is 0. The number of hydrogen-bond acceptors (Lipinski definition) is 6. The molecule has 1 heterocycles. The number of nitrogens with two attached hydrogens (primary N) is 1. The van der Waals surface area contributed by atoms with Gasteiger partial charge in [-0.3, -0.25) is 4.21 Å². The highest BCUT2D eigenvalue weighted by Crippen LogP contribution is 2.25. The fraction of sp³-hybridized carbons (Fsp3) is 0.154. The molecule has 0 fully saturated rings. The first-order valence-corrected chi connectivity index (χ1v) is 9.06. The largest absolute Gasteiger partial charge is 0.382 e. The number of hydrogen-bond donors (Lipinski definition) is 1. The summed E-state index contributed by atoms with van der Waals surface area (Å²) in [5.41, 5.74) is 5.85. The van der Waals surface area contributed by atoms with E-state index in [1.807, 2.05) is 6.07 Å². The summed E-state index contributed by atoms with van der Waals surface area (Å²) >= 11 is 13.2. The molecule has 2 aromatic rings. The van der Waals surface area contributed by atoms with Gasteiger partial charge >= 0.3 is 0 Å². The van der Waals surface area contributed by atoms with E-state index in [-0.39, 0.29) is 11.4 Å². The molecule has 0 saturated carbocycles. The van der Waals surface area contributed by atoms with Crippen molar-refractivity contribution in [2.24, 2.45) is 0 Å². The Kier molecular flexibility index (Phi) is 6.03. The topological polar surface area (TPSA) is 92.7 Å². The van der Waals surface area contributed by atoms with Crippen LogP contribution in [0.25, 0.3) is 0 Å². The second-order valence-electron chi connectivity index (χ2n) is 4.04. The van der Waals surface area contributed by atoms with Gasteiger partial charge in [0.05, 0.1) is 26.9 Å². The number of rotatable bonds is 5. The van der Waals surface area contributed by atoms with Crippen LogP contribution in [0, 0.1) is 11.3 Å². The molecule has 0 bridgehead atoms. The van der Waals surface area contributed by atoms with E-state index in [1.54, 1.807) is 18.2 Å². The molecule has 0 aliphatic rings. The highest BCUT2D eigenvalue weighted by Gasteiger charge is 2.11. The second kappa shape index (κ2) is 7.79. The van der Waals surface area contributed by atoms with Crippen LogP contribution in [0.3, 0.4) is 0 Å². The summed E-state index contributed by atoms with van der Waals surface area (Å²) in [5, 5.41) is 10.1. The van der Waals surface area contributed by atoms with E-state index in [0.29, 0.717) is 31.6 Å².